The number of benzene rings is 4. The van der Waals surface area contributed by atoms with Crippen LogP contribution in [-0.4, -0.2) is 26.9 Å². The summed E-state index contributed by atoms with van der Waals surface area (Å²) in [6.07, 6.45) is 1.41. The zero-order valence-electron chi connectivity index (χ0n) is 22.4. The van der Waals surface area contributed by atoms with E-state index in [2.05, 4.69) is 19.9 Å². The molecule has 5 rings (SSSR count). The van der Waals surface area contributed by atoms with Crippen LogP contribution in [0.1, 0.15) is 60.0 Å². The van der Waals surface area contributed by atoms with Crippen LogP contribution in [0.5, 0.6) is 0 Å². The molecule has 0 bridgehead atoms. The van der Waals surface area contributed by atoms with Gasteiger partial charge in [-0.25, -0.2) is 4.98 Å². The van der Waals surface area contributed by atoms with Gasteiger partial charge < -0.3 is 4.90 Å². The van der Waals surface area contributed by atoms with Crippen molar-refractivity contribution in [3.05, 3.63) is 118 Å². The average Bonchev–Trinajstić information content (AvgIpc) is 2.93. The van der Waals surface area contributed by atoms with Crippen LogP contribution in [0.3, 0.4) is 0 Å². The van der Waals surface area contributed by atoms with Gasteiger partial charge in [0.05, 0.1) is 22.6 Å². The van der Waals surface area contributed by atoms with Gasteiger partial charge in [-0.05, 0) is 73.4 Å². The van der Waals surface area contributed by atoms with Crippen LogP contribution in [0.2, 0.25) is 0 Å². The van der Waals surface area contributed by atoms with E-state index < -0.39 is 0 Å². The van der Waals surface area contributed by atoms with Gasteiger partial charge >= 0.3 is 0 Å². The third kappa shape index (κ3) is 4.60. The maximum atomic E-state index is 14.1. The van der Waals surface area contributed by atoms with Crippen molar-refractivity contribution >= 4 is 27.6 Å². The Balaban J connectivity index is 1.71. The lowest BCUT2D eigenvalue weighted by molar-refractivity contribution is 0.0659. The van der Waals surface area contributed by atoms with Gasteiger partial charge in [-0.2, -0.15) is 0 Å². The number of carbonyl (C=O) groups is 1. The van der Waals surface area contributed by atoms with Crippen LogP contribution in [-0.2, 0) is 0 Å². The molecule has 0 aliphatic rings. The minimum absolute atomic E-state index is 0.0564. The summed E-state index contributed by atoms with van der Waals surface area (Å²) in [5.41, 5.74) is 4.06. The second kappa shape index (κ2) is 10.6. The van der Waals surface area contributed by atoms with Gasteiger partial charge in [0.1, 0.15) is 5.82 Å². The van der Waals surface area contributed by atoms with E-state index in [1.54, 1.807) is 4.57 Å². The standard InChI is InChI=1S/C33H33N3O2/c1-5-19-35(32(37)26-17-16-24-11-7-8-12-25(24)21-26)29(6-2)31-34-28-14-10-9-13-27(28)33(38)36(31)30-18-15-22(3)20-23(30)4/h7-18,20-21,29H,5-6,19H2,1-4H3. The minimum Gasteiger partial charge on any atom is -0.328 e. The molecule has 0 saturated carbocycles. The second-order valence-corrected chi connectivity index (χ2v) is 9.90. The molecule has 5 aromatic rings. The van der Waals surface area contributed by atoms with Gasteiger partial charge in [-0.1, -0.05) is 74.0 Å². The Hall–Kier alpha value is -4.25. The normalized spacial score (nSPS) is 12.1. The smallest absolute Gasteiger partial charge is 0.266 e. The molecule has 0 fully saturated rings. The molecule has 1 heterocycles. The molecule has 1 unspecified atom stereocenters. The molecule has 5 nitrogen and oxygen atoms in total. The second-order valence-electron chi connectivity index (χ2n) is 9.90. The molecule has 0 radical (unpaired) electrons. The molecule has 1 aromatic heterocycles. The van der Waals surface area contributed by atoms with Crippen LogP contribution in [0.25, 0.3) is 27.4 Å². The Bertz CT molecular complexity index is 1700. The van der Waals surface area contributed by atoms with Crippen molar-refractivity contribution in [3.8, 4) is 5.69 Å². The summed E-state index contributed by atoms with van der Waals surface area (Å²) < 4.78 is 1.72. The monoisotopic (exact) mass is 503 g/mol. The van der Waals surface area contributed by atoms with E-state index in [0.29, 0.717) is 35.3 Å². The molecule has 1 atom stereocenters. The van der Waals surface area contributed by atoms with Crippen molar-refractivity contribution < 1.29 is 4.79 Å². The van der Waals surface area contributed by atoms with Crippen LogP contribution in [0.4, 0.5) is 0 Å². The van der Waals surface area contributed by atoms with Gasteiger partial charge in [0, 0.05) is 12.1 Å². The molecule has 4 aromatic carbocycles. The first kappa shape index (κ1) is 25.4. The van der Waals surface area contributed by atoms with E-state index in [0.717, 1.165) is 34.0 Å². The largest absolute Gasteiger partial charge is 0.328 e. The first-order valence-electron chi connectivity index (χ1n) is 13.3. The van der Waals surface area contributed by atoms with Crippen molar-refractivity contribution in [1.82, 2.24) is 14.5 Å². The Labute approximate surface area is 223 Å². The SMILES string of the molecule is CCCN(C(=O)c1ccc2ccccc2c1)C(CC)c1nc2ccccc2c(=O)n1-c1ccc(C)cc1C. The van der Waals surface area contributed by atoms with Crippen molar-refractivity contribution in [1.29, 1.82) is 0 Å². The highest BCUT2D eigenvalue weighted by molar-refractivity contribution is 5.98. The van der Waals surface area contributed by atoms with Gasteiger partial charge in [-0.3, -0.25) is 14.2 Å². The summed E-state index contributed by atoms with van der Waals surface area (Å²) >= 11 is 0. The number of nitrogens with zero attached hydrogens (tertiary/aromatic N) is 3. The number of aromatic nitrogens is 2. The van der Waals surface area contributed by atoms with Crippen LogP contribution >= 0.6 is 0 Å². The van der Waals surface area contributed by atoms with E-state index >= 15 is 0 Å². The lowest BCUT2D eigenvalue weighted by Crippen LogP contribution is -2.39. The fourth-order valence-electron chi connectivity index (χ4n) is 5.33. The molecule has 0 saturated heterocycles. The Morgan fingerprint density at radius 2 is 1.63 bits per heavy atom. The third-order valence-electron chi connectivity index (χ3n) is 7.18. The maximum Gasteiger partial charge on any atom is 0.266 e. The Morgan fingerprint density at radius 1 is 0.895 bits per heavy atom. The van der Waals surface area contributed by atoms with Crippen molar-refractivity contribution in [2.75, 3.05) is 6.54 Å². The topological polar surface area (TPSA) is 55.2 Å². The van der Waals surface area contributed by atoms with Gasteiger partial charge in [0.2, 0.25) is 0 Å². The summed E-state index contributed by atoms with van der Waals surface area (Å²) in [4.78, 5) is 35.0. The number of hydrogen-bond donors (Lipinski definition) is 0. The number of carbonyl (C=O) groups excluding carboxylic acids is 1. The molecule has 0 aliphatic carbocycles. The predicted molar refractivity (Wildman–Crippen MR) is 155 cm³/mol. The molecular formula is C33H33N3O2. The van der Waals surface area contributed by atoms with Crippen LogP contribution in [0, 0.1) is 13.8 Å². The molecule has 0 spiro atoms. The third-order valence-corrected chi connectivity index (χ3v) is 7.18. The number of fused-ring (bicyclic) bond motifs is 2. The molecular weight excluding hydrogens is 470 g/mol. The number of para-hydroxylation sites is 1. The van der Waals surface area contributed by atoms with E-state index in [1.165, 1.54) is 0 Å². The molecule has 5 heteroatoms. The molecule has 38 heavy (non-hydrogen) atoms. The van der Waals surface area contributed by atoms with Crippen LogP contribution in [0.15, 0.2) is 89.7 Å². The maximum absolute atomic E-state index is 14.1. The van der Waals surface area contributed by atoms with E-state index in [4.69, 9.17) is 4.98 Å². The number of amides is 1. The van der Waals surface area contributed by atoms with Gasteiger partial charge in [-0.15, -0.1) is 0 Å². The highest BCUT2D eigenvalue weighted by atomic mass is 16.2. The van der Waals surface area contributed by atoms with E-state index in [1.807, 2.05) is 97.6 Å². The van der Waals surface area contributed by atoms with E-state index in [9.17, 15) is 9.59 Å². The zero-order valence-corrected chi connectivity index (χ0v) is 22.4. The number of hydrogen-bond acceptors (Lipinski definition) is 3. The van der Waals surface area contributed by atoms with Crippen molar-refractivity contribution in [3.63, 3.8) is 0 Å². The highest BCUT2D eigenvalue weighted by Gasteiger charge is 2.29. The quantitative estimate of drug-likeness (QED) is 0.237. The molecule has 0 aliphatic heterocycles. The average molecular weight is 504 g/mol. The lowest BCUT2D eigenvalue weighted by atomic mass is 10.0. The summed E-state index contributed by atoms with van der Waals surface area (Å²) in [6.45, 7) is 8.73. The zero-order chi connectivity index (χ0) is 26.8. The summed E-state index contributed by atoms with van der Waals surface area (Å²) in [5, 5.41) is 2.69. The Morgan fingerprint density at radius 3 is 2.37 bits per heavy atom. The number of rotatable bonds is 7. The highest BCUT2D eigenvalue weighted by Crippen LogP contribution is 2.29. The first-order chi connectivity index (χ1) is 18.4. The lowest BCUT2D eigenvalue weighted by Gasteiger charge is -2.32. The summed E-state index contributed by atoms with van der Waals surface area (Å²) in [6, 6.07) is 27.0. The summed E-state index contributed by atoms with van der Waals surface area (Å²) in [7, 11) is 0. The minimum atomic E-state index is -0.382. The Kier molecular flexibility index (Phi) is 7.10. The summed E-state index contributed by atoms with van der Waals surface area (Å²) in [5.74, 6) is 0.532. The molecule has 192 valence electrons. The number of aryl methyl sites for hydroxylation is 2. The predicted octanol–water partition coefficient (Wildman–Crippen LogP) is 7.16. The molecule has 0 N–H and O–H groups in total. The van der Waals surface area contributed by atoms with Crippen LogP contribution < -0.4 is 5.56 Å². The first-order valence-corrected chi connectivity index (χ1v) is 13.3. The van der Waals surface area contributed by atoms with E-state index in [-0.39, 0.29) is 17.5 Å². The van der Waals surface area contributed by atoms with Crippen molar-refractivity contribution in [2.24, 2.45) is 0 Å². The molecule has 1 amide bonds. The van der Waals surface area contributed by atoms with Gasteiger partial charge in [0.15, 0.2) is 0 Å². The fraction of sp³-hybridized carbons (Fsp3) is 0.242. The van der Waals surface area contributed by atoms with Crippen molar-refractivity contribution in [2.45, 2.75) is 46.6 Å². The van der Waals surface area contributed by atoms with Gasteiger partial charge in [0.25, 0.3) is 11.5 Å². The fourth-order valence-corrected chi connectivity index (χ4v) is 5.33.